The van der Waals surface area contributed by atoms with Gasteiger partial charge in [-0.05, 0) is 6.92 Å². The molecular formula is C10H17F3O2. The third-order valence-electron chi connectivity index (χ3n) is 2.45. The first-order valence-electron chi connectivity index (χ1n) is 4.82. The van der Waals surface area contributed by atoms with Gasteiger partial charge in [0.1, 0.15) is 0 Å². The van der Waals surface area contributed by atoms with Crippen LogP contribution >= 0.6 is 0 Å². The van der Waals surface area contributed by atoms with Crippen LogP contribution in [0.5, 0.6) is 0 Å². The van der Waals surface area contributed by atoms with Crippen LogP contribution < -0.4 is 0 Å². The fraction of sp³-hybridized carbons (Fsp3) is 0.900. The van der Waals surface area contributed by atoms with E-state index >= 15 is 0 Å². The Labute approximate surface area is 87.8 Å². The van der Waals surface area contributed by atoms with Crippen molar-refractivity contribution in [3.63, 3.8) is 0 Å². The highest BCUT2D eigenvalue weighted by Crippen LogP contribution is 2.39. The molecule has 0 aromatic heterocycles. The summed E-state index contributed by atoms with van der Waals surface area (Å²) >= 11 is 0. The molecule has 0 saturated heterocycles. The van der Waals surface area contributed by atoms with Gasteiger partial charge in [0.2, 0.25) is 5.60 Å². The van der Waals surface area contributed by atoms with E-state index < -0.39 is 29.6 Å². The number of halogens is 3. The lowest BCUT2D eigenvalue weighted by Crippen LogP contribution is -2.51. The van der Waals surface area contributed by atoms with Crippen LogP contribution in [0, 0.1) is 11.8 Å². The van der Waals surface area contributed by atoms with Crippen LogP contribution in [-0.4, -0.2) is 17.7 Å². The second-order valence-electron chi connectivity index (χ2n) is 4.34. The summed E-state index contributed by atoms with van der Waals surface area (Å²) in [5.74, 6) is -2.21. The second kappa shape index (κ2) is 4.41. The summed E-state index contributed by atoms with van der Waals surface area (Å²) in [6.07, 6.45) is -4.55. The number of rotatable bonds is 3. The maximum atomic E-state index is 12.7. The molecule has 0 heterocycles. The Hall–Kier alpha value is -0.740. The second-order valence-corrected chi connectivity index (χ2v) is 4.34. The Kier molecular flexibility index (Phi) is 4.19. The molecule has 0 fully saturated rings. The molecule has 0 saturated carbocycles. The van der Waals surface area contributed by atoms with Gasteiger partial charge in [0, 0.05) is 5.92 Å². The molecule has 0 rings (SSSR count). The van der Waals surface area contributed by atoms with Crippen molar-refractivity contribution in [1.29, 1.82) is 0 Å². The van der Waals surface area contributed by atoms with Gasteiger partial charge in [-0.2, -0.15) is 13.2 Å². The third kappa shape index (κ3) is 3.11. The predicted molar refractivity (Wildman–Crippen MR) is 50.2 cm³/mol. The van der Waals surface area contributed by atoms with Gasteiger partial charge in [-0.1, -0.05) is 27.7 Å². The Balaban J connectivity index is 4.92. The Morgan fingerprint density at radius 2 is 1.53 bits per heavy atom. The van der Waals surface area contributed by atoms with Crippen LogP contribution in [0.2, 0.25) is 0 Å². The minimum Gasteiger partial charge on any atom is -0.449 e. The summed E-state index contributed by atoms with van der Waals surface area (Å²) in [4.78, 5) is 11.2. The van der Waals surface area contributed by atoms with E-state index in [2.05, 4.69) is 4.74 Å². The van der Waals surface area contributed by atoms with E-state index in [1.807, 2.05) is 0 Å². The fourth-order valence-electron chi connectivity index (χ4n) is 0.830. The van der Waals surface area contributed by atoms with Gasteiger partial charge in [-0.25, -0.2) is 0 Å². The van der Waals surface area contributed by atoms with E-state index in [4.69, 9.17) is 0 Å². The molecule has 5 heteroatoms. The minimum absolute atomic E-state index is 0.564. The summed E-state index contributed by atoms with van der Waals surface area (Å²) in [5, 5.41) is 0. The molecule has 0 radical (unpaired) electrons. The zero-order chi connectivity index (χ0) is 12.4. The number of carbonyl (C=O) groups is 1. The van der Waals surface area contributed by atoms with Crippen molar-refractivity contribution in [3.8, 4) is 0 Å². The van der Waals surface area contributed by atoms with Crippen LogP contribution in [0.1, 0.15) is 34.6 Å². The largest absolute Gasteiger partial charge is 0.449 e. The number of hydrogen-bond donors (Lipinski definition) is 0. The van der Waals surface area contributed by atoms with E-state index in [9.17, 15) is 18.0 Å². The molecule has 0 amide bonds. The van der Waals surface area contributed by atoms with Crippen LogP contribution in [0.3, 0.4) is 0 Å². The first kappa shape index (κ1) is 14.3. The minimum atomic E-state index is -4.55. The lowest BCUT2D eigenvalue weighted by atomic mass is 9.91. The normalized spacial score (nSPS) is 16.7. The third-order valence-corrected chi connectivity index (χ3v) is 2.45. The van der Waals surface area contributed by atoms with Crippen molar-refractivity contribution in [2.75, 3.05) is 0 Å². The molecular weight excluding hydrogens is 209 g/mol. The molecule has 0 aromatic rings. The van der Waals surface area contributed by atoms with Gasteiger partial charge in [0.05, 0.1) is 5.92 Å². The maximum absolute atomic E-state index is 12.7. The van der Waals surface area contributed by atoms with E-state index in [1.165, 1.54) is 27.7 Å². The SMILES string of the molecule is CC(C)C(=O)OC(C)(C(C)C)C(F)(F)F. The number of carbonyl (C=O) groups excluding carboxylic acids is 1. The summed E-state index contributed by atoms with van der Waals surface area (Å²) in [7, 11) is 0. The lowest BCUT2D eigenvalue weighted by molar-refractivity contribution is -0.278. The average molecular weight is 226 g/mol. The molecule has 1 atom stereocenters. The van der Waals surface area contributed by atoms with Crippen molar-refractivity contribution in [2.45, 2.75) is 46.4 Å². The number of esters is 1. The molecule has 0 aliphatic carbocycles. The zero-order valence-corrected chi connectivity index (χ0v) is 9.61. The van der Waals surface area contributed by atoms with E-state index in [-0.39, 0.29) is 0 Å². The monoisotopic (exact) mass is 226 g/mol. The van der Waals surface area contributed by atoms with Crippen molar-refractivity contribution < 1.29 is 22.7 Å². The van der Waals surface area contributed by atoms with Crippen molar-refractivity contribution in [1.82, 2.24) is 0 Å². The van der Waals surface area contributed by atoms with Crippen LogP contribution in [-0.2, 0) is 9.53 Å². The molecule has 0 aliphatic heterocycles. The molecule has 15 heavy (non-hydrogen) atoms. The smallest absolute Gasteiger partial charge is 0.428 e. The molecule has 90 valence electrons. The average Bonchev–Trinajstić information content (AvgIpc) is 2.01. The van der Waals surface area contributed by atoms with Crippen molar-refractivity contribution >= 4 is 5.97 Å². The van der Waals surface area contributed by atoms with E-state index in [0.717, 1.165) is 6.92 Å². The lowest BCUT2D eigenvalue weighted by Gasteiger charge is -2.35. The predicted octanol–water partition coefficient (Wildman–Crippen LogP) is 3.16. The Bertz CT molecular complexity index is 233. The van der Waals surface area contributed by atoms with Gasteiger partial charge in [-0.15, -0.1) is 0 Å². The fourth-order valence-corrected chi connectivity index (χ4v) is 0.830. The number of hydrogen-bond acceptors (Lipinski definition) is 2. The molecule has 0 bridgehead atoms. The molecule has 0 spiro atoms. The molecule has 0 aliphatic rings. The van der Waals surface area contributed by atoms with Gasteiger partial charge in [0.15, 0.2) is 0 Å². The van der Waals surface area contributed by atoms with Gasteiger partial charge >= 0.3 is 12.1 Å². The number of ether oxygens (including phenoxy) is 1. The first-order chi connectivity index (χ1) is 6.52. The first-order valence-corrected chi connectivity index (χ1v) is 4.82. The molecule has 0 aromatic carbocycles. The quantitative estimate of drug-likeness (QED) is 0.691. The Morgan fingerprint density at radius 1 is 1.13 bits per heavy atom. The highest BCUT2D eigenvalue weighted by molar-refractivity contribution is 5.72. The molecule has 2 nitrogen and oxygen atoms in total. The summed E-state index contributed by atoms with van der Waals surface area (Å²) in [5.41, 5.74) is -2.41. The van der Waals surface area contributed by atoms with Gasteiger partial charge in [-0.3, -0.25) is 4.79 Å². The van der Waals surface area contributed by atoms with Crippen molar-refractivity contribution in [2.24, 2.45) is 11.8 Å². The van der Waals surface area contributed by atoms with Gasteiger partial charge < -0.3 is 4.74 Å². The van der Waals surface area contributed by atoms with Crippen molar-refractivity contribution in [3.05, 3.63) is 0 Å². The zero-order valence-electron chi connectivity index (χ0n) is 9.61. The highest BCUT2D eigenvalue weighted by atomic mass is 19.4. The van der Waals surface area contributed by atoms with Gasteiger partial charge in [0.25, 0.3) is 0 Å². The summed E-state index contributed by atoms with van der Waals surface area (Å²) < 4.78 is 42.7. The van der Waals surface area contributed by atoms with Crippen LogP contribution in [0.15, 0.2) is 0 Å². The molecule has 1 unspecified atom stereocenters. The Morgan fingerprint density at radius 3 is 1.73 bits per heavy atom. The highest BCUT2D eigenvalue weighted by Gasteiger charge is 2.56. The number of alkyl halides is 3. The van der Waals surface area contributed by atoms with E-state index in [0.29, 0.717) is 0 Å². The summed E-state index contributed by atoms with van der Waals surface area (Å²) in [6.45, 7) is 6.65. The topological polar surface area (TPSA) is 26.3 Å². The standard InChI is InChI=1S/C10H17F3O2/c1-6(2)8(14)15-9(5,7(3)4)10(11,12)13/h6-7H,1-5H3. The van der Waals surface area contributed by atoms with Crippen LogP contribution in [0.4, 0.5) is 13.2 Å². The maximum Gasteiger partial charge on any atom is 0.428 e. The van der Waals surface area contributed by atoms with Crippen LogP contribution in [0.25, 0.3) is 0 Å². The molecule has 0 N–H and O–H groups in total. The van der Waals surface area contributed by atoms with E-state index in [1.54, 1.807) is 0 Å². The summed E-state index contributed by atoms with van der Waals surface area (Å²) in [6, 6.07) is 0.